The summed E-state index contributed by atoms with van der Waals surface area (Å²) in [5.74, 6) is 0. The van der Waals surface area contributed by atoms with Gasteiger partial charge in [-0.15, -0.1) is 0 Å². The van der Waals surface area contributed by atoms with Crippen molar-refractivity contribution in [3.8, 4) is 0 Å². The van der Waals surface area contributed by atoms with E-state index in [1.54, 1.807) is 0 Å². The molecule has 1 aliphatic carbocycles. The Morgan fingerprint density at radius 2 is 1.91 bits per heavy atom. The maximum atomic E-state index is 4.08. The number of rotatable bonds is 0. The zero-order valence-electron chi connectivity index (χ0n) is 6.04. The third-order valence-corrected chi connectivity index (χ3v) is 2.21. The SMILES string of the molecule is c1cc2cc3c(cc2cn1)C3. The summed E-state index contributed by atoms with van der Waals surface area (Å²) in [7, 11) is 0. The Kier molecular flexibility index (Phi) is 0.779. The minimum atomic E-state index is 1.19. The normalized spacial score (nSPS) is 13.1. The van der Waals surface area contributed by atoms with Crippen molar-refractivity contribution in [3.05, 3.63) is 41.7 Å². The van der Waals surface area contributed by atoms with Crippen molar-refractivity contribution in [2.75, 3.05) is 0 Å². The number of hydrogen-bond donors (Lipinski definition) is 0. The first-order valence-corrected chi connectivity index (χ1v) is 3.79. The maximum Gasteiger partial charge on any atom is 0.0346 e. The molecule has 52 valence electrons. The Bertz CT molecular complexity index is 391. The molecule has 1 aliphatic rings. The van der Waals surface area contributed by atoms with E-state index < -0.39 is 0 Å². The monoisotopic (exact) mass is 141 g/mol. The van der Waals surface area contributed by atoms with E-state index in [0.717, 1.165) is 0 Å². The lowest BCUT2D eigenvalue weighted by Crippen LogP contribution is -1.71. The van der Waals surface area contributed by atoms with Gasteiger partial charge in [-0.1, -0.05) is 6.07 Å². The second-order valence-electron chi connectivity index (χ2n) is 3.02. The van der Waals surface area contributed by atoms with Crippen LogP contribution >= 0.6 is 0 Å². The average Bonchev–Trinajstić information content (AvgIpc) is 2.77. The van der Waals surface area contributed by atoms with Gasteiger partial charge in [0.15, 0.2) is 0 Å². The molecule has 3 rings (SSSR count). The zero-order chi connectivity index (χ0) is 7.26. The molecule has 0 saturated carbocycles. The number of fused-ring (bicyclic) bond motifs is 2. The molecule has 1 aromatic heterocycles. The van der Waals surface area contributed by atoms with Gasteiger partial charge in [0.05, 0.1) is 0 Å². The highest BCUT2D eigenvalue weighted by Gasteiger charge is 2.16. The average molecular weight is 141 g/mol. The van der Waals surface area contributed by atoms with Gasteiger partial charge >= 0.3 is 0 Å². The van der Waals surface area contributed by atoms with Gasteiger partial charge in [-0.05, 0) is 35.1 Å². The van der Waals surface area contributed by atoms with Crippen molar-refractivity contribution in [2.24, 2.45) is 0 Å². The quantitative estimate of drug-likeness (QED) is 0.467. The summed E-state index contributed by atoms with van der Waals surface area (Å²) >= 11 is 0. The summed E-state index contributed by atoms with van der Waals surface area (Å²) in [6.07, 6.45) is 4.96. The van der Waals surface area contributed by atoms with Crippen LogP contribution < -0.4 is 0 Å². The van der Waals surface area contributed by atoms with E-state index in [4.69, 9.17) is 0 Å². The second-order valence-corrected chi connectivity index (χ2v) is 3.02. The Morgan fingerprint density at radius 3 is 2.82 bits per heavy atom. The highest BCUT2D eigenvalue weighted by atomic mass is 14.6. The molecule has 0 aliphatic heterocycles. The molecular formula is C10H7N. The van der Waals surface area contributed by atoms with Crippen LogP contribution in [0.5, 0.6) is 0 Å². The van der Waals surface area contributed by atoms with Gasteiger partial charge in [0, 0.05) is 17.8 Å². The van der Waals surface area contributed by atoms with Crippen LogP contribution in [0.3, 0.4) is 0 Å². The van der Waals surface area contributed by atoms with Crippen molar-refractivity contribution in [1.82, 2.24) is 4.98 Å². The first-order valence-electron chi connectivity index (χ1n) is 3.79. The van der Waals surface area contributed by atoms with Crippen LogP contribution in [0.4, 0.5) is 0 Å². The summed E-state index contributed by atoms with van der Waals surface area (Å²) in [5.41, 5.74) is 2.99. The van der Waals surface area contributed by atoms with Crippen molar-refractivity contribution in [3.63, 3.8) is 0 Å². The van der Waals surface area contributed by atoms with Crippen molar-refractivity contribution >= 4 is 10.8 Å². The fourth-order valence-electron chi connectivity index (χ4n) is 1.49. The molecule has 0 radical (unpaired) electrons. The Labute approximate surface area is 64.7 Å². The van der Waals surface area contributed by atoms with Gasteiger partial charge in [0.2, 0.25) is 0 Å². The second kappa shape index (κ2) is 1.62. The van der Waals surface area contributed by atoms with Gasteiger partial charge in [-0.25, -0.2) is 0 Å². The molecule has 1 nitrogen and oxygen atoms in total. The molecule has 0 N–H and O–H groups in total. The van der Waals surface area contributed by atoms with Crippen LogP contribution in [0.15, 0.2) is 30.6 Å². The smallest absolute Gasteiger partial charge is 0.0346 e. The lowest BCUT2D eigenvalue weighted by molar-refractivity contribution is 1.37. The Morgan fingerprint density at radius 1 is 1.09 bits per heavy atom. The molecular weight excluding hydrogens is 134 g/mol. The third-order valence-electron chi connectivity index (χ3n) is 2.21. The number of benzene rings is 1. The van der Waals surface area contributed by atoms with Crippen LogP contribution in [0.1, 0.15) is 11.1 Å². The van der Waals surface area contributed by atoms with Gasteiger partial charge in [-0.3, -0.25) is 4.98 Å². The van der Waals surface area contributed by atoms with Crippen LogP contribution in [0.25, 0.3) is 10.8 Å². The number of aromatic nitrogens is 1. The Hall–Kier alpha value is -1.37. The molecule has 11 heavy (non-hydrogen) atoms. The van der Waals surface area contributed by atoms with Crippen LogP contribution in [-0.4, -0.2) is 4.98 Å². The van der Waals surface area contributed by atoms with Crippen molar-refractivity contribution in [2.45, 2.75) is 6.42 Å². The topological polar surface area (TPSA) is 12.9 Å². The van der Waals surface area contributed by atoms with Crippen molar-refractivity contribution in [1.29, 1.82) is 0 Å². The molecule has 1 aromatic carbocycles. The molecule has 0 unspecified atom stereocenters. The molecule has 2 aromatic rings. The Balaban J connectivity index is 2.51. The predicted molar refractivity (Wildman–Crippen MR) is 44.5 cm³/mol. The van der Waals surface area contributed by atoms with Crippen LogP contribution in [0, 0.1) is 0 Å². The van der Waals surface area contributed by atoms with Crippen LogP contribution in [-0.2, 0) is 6.42 Å². The summed E-state index contributed by atoms with van der Waals surface area (Å²) < 4.78 is 0. The van der Waals surface area contributed by atoms with E-state index in [9.17, 15) is 0 Å². The van der Waals surface area contributed by atoms with E-state index in [0.29, 0.717) is 0 Å². The number of pyridine rings is 1. The molecule has 0 atom stereocenters. The lowest BCUT2D eigenvalue weighted by atomic mass is 10.2. The van der Waals surface area contributed by atoms with E-state index in [-0.39, 0.29) is 0 Å². The first kappa shape index (κ1) is 5.30. The molecule has 0 amide bonds. The van der Waals surface area contributed by atoms with Gasteiger partial charge in [0.25, 0.3) is 0 Å². The summed E-state index contributed by atoms with van der Waals surface area (Å²) in [5, 5.41) is 2.58. The molecule has 1 heterocycles. The largest absolute Gasteiger partial charge is 0.264 e. The lowest BCUT2D eigenvalue weighted by Gasteiger charge is -1.91. The predicted octanol–water partition coefficient (Wildman–Crippen LogP) is 2.14. The fraction of sp³-hybridized carbons (Fsp3) is 0.100. The first-order chi connectivity index (χ1) is 5.43. The number of nitrogens with zero attached hydrogens (tertiary/aromatic N) is 1. The van der Waals surface area contributed by atoms with Gasteiger partial charge in [0.1, 0.15) is 0 Å². The van der Waals surface area contributed by atoms with E-state index in [1.807, 2.05) is 12.4 Å². The molecule has 1 heteroatoms. The molecule has 0 fully saturated rings. The minimum Gasteiger partial charge on any atom is -0.264 e. The van der Waals surface area contributed by atoms with E-state index >= 15 is 0 Å². The fourth-order valence-corrected chi connectivity index (χ4v) is 1.49. The third kappa shape index (κ3) is 0.679. The highest BCUT2D eigenvalue weighted by Crippen LogP contribution is 2.31. The zero-order valence-corrected chi connectivity index (χ0v) is 6.04. The molecule has 0 spiro atoms. The van der Waals surface area contributed by atoms with Crippen LogP contribution in [0.2, 0.25) is 0 Å². The number of hydrogen-bond acceptors (Lipinski definition) is 1. The molecule has 0 saturated heterocycles. The highest BCUT2D eigenvalue weighted by molar-refractivity contribution is 5.85. The summed E-state index contributed by atoms with van der Waals surface area (Å²) in [6, 6.07) is 6.55. The van der Waals surface area contributed by atoms with Crippen molar-refractivity contribution < 1.29 is 0 Å². The summed E-state index contributed by atoms with van der Waals surface area (Å²) in [6.45, 7) is 0. The standard InChI is InChI=1S/C10H7N/c1-2-11-6-10-5-9-4-8(9)3-7(1)10/h1-3,5-6H,4H2. The summed E-state index contributed by atoms with van der Waals surface area (Å²) in [4.78, 5) is 4.08. The van der Waals surface area contributed by atoms with Gasteiger partial charge in [-0.2, -0.15) is 0 Å². The minimum absolute atomic E-state index is 1.19. The molecule has 0 bridgehead atoms. The van der Waals surface area contributed by atoms with E-state index in [2.05, 4.69) is 23.2 Å². The van der Waals surface area contributed by atoms with E-state index in [1.165, 1.54) is 28.3 Å². The maximum absolute atomic E-state index is 4.08. The van der Waals surface area contributed by atoms with Gasteiger partial charge < -0.3 is 0 Å².